The van der Waals surface area contributed by atoms with Crippen molar-refractivity contribution in [1.82, 2.24) is 0 Å². The summed E-state index contributed by atoms with van der Waals surface area (Å²) >= 11 is 0. The number of hydrogen-bond acceptors (Lipinski definition) is 0. The zero-order chi connectivity index (χ0) is 61.7. The van der Waals surface area contributed by atoms with Crippen molar-refractivity contribution in [3.05, 3.63) is 101 Å². The minimum atomic E-state index is 0. The van der Waals surface area contributed by atoms with E-state index in [0.29, 0.717) is 0 Å². The Morgan fingerprint density at radius 3 is 0.814 bits per heavy atom. The maximum absolute atomic E-state index is 11.6. The zero-order valence-corrected chi connectivity index (χ0v) is 60.2. The Balaban J connectivity index is 0.00000131. The van der Waals surface area contributed by atoms with E-state index < -0.39 is 0 Å². The number of aryl methyl sites for hydroxylation is 4. The summed E-state index contributed by atoms with van der Waals surface area (Å²) < 4.78 is 1.49. The predicted molar refractivity (Wildman–Crippen MR) is 386 cm³/mol. The van der Waals surface area contributed by atoms with Gasteiger partial charge in [0.1, 0.15) is 0 Å². The summed E-state index contributed by atoms with van der Waals surface area (Å²) in [6.45, 7) is 23.6. The van der Waals surface area contributed by atoms with Crippen LogP contribution in [0.3, 0.4) is 0 Å². The molecule has 1 heterocycles. The Bertz CT molecular complexity index is 1750. The first kappa shape index (κ1) is 84.0. The maximum Gasteiger partial charge on any atom is 2.00 e. The van der Waals surface area contributed by atoms with Gasteiger partial charge in [-0.25, -0.2) is 4.70 Å². The van der Waals surface area contributed by atoms with Gasteiger partial charge in [-0.1, -0.05) is 379 Å². The van der Waals surface area contributed by atoms with Crippen molar-refractivity contribution in [3.63, 3.8) is 0 Å². The van der Waals surface area contributed by atoms with Gasteiger partial charge in [-0.3, -0.25) is 0 Å². The second kappa shape index (κ2) is 64.5. The van der Waals surface area contributed by atoms with Gasteiger partial charge in [0, 0.05) is 22.8 Å². The second-order valence-corrected chi connectivity index (χ2v) is 27.1. The van der Waals surface area contributed by atoms with E-state index in [4.69, 9.17) is 0 Å². The molecule has 0 aliphatic carbocycles. The summed E-state index contributed by atoms with van der Waals surface area (Å²) in [7, 11) is 0. The summed E-state index contributed by atoms with van der Waals surface area (Å²) in [6.07, 6.45) is 82.8. The molecule has 0 radical (unpaired) electrons. The molecule has 0 aromatic heterocycles. The van der Waals surface area contributed by atoms with Crippen molar-refractivity contribution in [2.24, 2.45) is 0 Å². The monoisotopic (exact) mass is 1230 g/mol. The van der Waals surface area contributed by atoms with Crippen LogP contribution in [0.1, 0.15) is 428 Å². The standard InChI is InChI=1S/C35H50N2.2C24H49.Ni/c1-6-9-12-15-17-29-20-27(4)22-32(24-29)34-26-31(19-14-11-8-3)35(37(34)36)33-23-28(5)21-30(25-33)18-16-13-10-7-2;2*1-3-5-7-9-11-13-15-17-19-21-23-24-22-20-18-16-14-12-10-8-6-4-2;/h20-26H,6-19H2,1-5H3;2*1,3-24H2,2H3;/q;2*-1;+2. The van der Waals surface area contributed by atoms with Crippen molar-refractivity contribution in [3.8, 4) is 0 Å². The average Bonchev–Trinajstić information content (AvgIpc) is 3.99. The van der Waals surface area contributed by atoms with Gasteiger partial charge in [-0.05, 0) is 87.8 Å². The van der Waals surface area contributed by atoms with E-state index in [0.717, 1.165) is 61.0 Å². The number of benzene rings is 2. The molecule has 0 N–H and O–H groups in total. The molecule has 0 saturated carbocycles. The van der Waals surface area contributed by atoms with Gasteiger partial charge in [0.15, 0.2) is 0 Å². The maximum atomic E-state index is 11.6. The number of allylic oxidation sites excluding steroid dienone is 2. The van der Waals surface area contributed by atoms with Crippen LogP contribution >= 0.6 is 0 Å². The molecular weight excluding hydrogens is 1080 g/mol. The Kier molecular flexibility index (Phi) is 63.0. The summed E-state index contributed by atoms with van der Waals surface area (Å²) in [4.78, 5) is 0. The van der Waals surface area contributed by atoms with Crippen LogP contribution in [0.5, 0.6) is 0 Å². The predicted octanol–water partition coefficient (Wildman–Crippen LogP) is 29.8. The van der Waals surface area contributed by atoms with E-state index in [2.05, 4.69) is 105 Å². The Labute approximate surface area is 551 Å². The van der Waals surface area contributed by atoms with Gasteiger partial charge < -0.3 is 19.4 Å². The smallest absolute Gasteiger partial charge is 0.493 e. The molecule has 0 amide bonds. The first-order valence-corrected chi connectivity index (χ1v) is 38.5. The van der Waals surface area contributed by atoms with E-state index >= 15 is 0 Å². The molecule has 1 aliphatic rings. The molecule has 2 nitrogen and oxygen atoms in total. The Morgan fingerprint density at radius 2 is 0.523 bits per heavy atom. The largest absolute Gasteiger partial charge is 2.00 e. The molecule has 2 aromatic carbocycles. The van der Waals surface area contributed by atoms with Crippen LogP contribution < -0.4 is 0 Å². The van der Waals surface area contributed by atoms with Crippen LogP contribution in [0.15, 0.2) is 48.0 Å². The second-order valence-electron chi connectivity index (χ2n) is 27.1. The van der Waals surface area contributed by atoms with Crippen LogP contribution in [-0.2, 0) is 29.3 Å². The fourth-order valence-electron chi connectivity index (χ4n) is 12.8. The quantitative estimate of drug-likeness (QED) is 0.0273. The van der Waals surface area contributed by atoms with Gasteiger partial charge in [0.25, 0.3) is 0 Å². The third kappa shape index (κ3) is 48.8. The molecular formula is C83H148N2Ni. The van der Waals surface area contributed by atoms with Gasteiger partial charge >= 0.3 is 16.5 Å². The van der Waals surface area contributed by atoms with Crippen LogP contribution in [0.2, 0.25) is 0 Å². The number of unbranched alkanes of at least 4 members (excludes halogenated alkanes) is 50. The van der Waals surface area contributed by atoms with Crippen molar-refractivity contribution < 1.29 is 21.2 Å². The summed E-state index contributed by atoms with van der Waals surface area (Å²) in [5, 5.41) is 0. The zero-order valence-electron chi connectivity index (χ0n) is 59.2. The molecule has 0 fully saturated rings. The number of rotatable bonds is 58. The van der Waals surface area contributed by atoms with Gasteiger partial charge in [-0.15, -0.1) is 0 Å². The van der Waals surface area contributed by atoms with E-state index in [9.17, 15) is 5.53 Å². The SMILES string of the molecule is CCCCCCc1cc(C)cc(C2=CC(CCCCC)=C(c3cc(C)cc(CCCCCC)c3)[N+]2=[N-])c1.[CH2-]CCCCCCCCCCCCCCCCCCCCCCC.[CH2-]CCCCCCCCCCCCCCCCCCCCCCC.[Ni+2]. The topological polar surface area (TPSA) is 25.3 Å². The van der Waals surface area contributed by atoms with Crippen LogP contribution in [0.25, 0.3) is 16.9 Å². The number of hydrogen-bond donors (Lipinski definition) is 0. The van der Waals surface area contributed by atoms with Crippen molar-refractivity contribution in [1.29, 1.82) is 0 Å². The van der Waals surface area contributed by atoms with Crippen molar-refractivity contribution >= 4 is 11.4 Å². The molecule has 0 atom stereocenters. The molecule has 3 heteroatoms. The van der Waals surface area contributed by atoms with E-state index in [-0.39, 0.29) is 16.5 Å². The fourth-order valence-corrected chi connectivity index (χ4v) is 12.8. The molecule has 0 saturated heterocycles. The van der Waals surface area contributed by atoms with Crippen molar-refractivity contribution in [2.75, 3.05) is 0 Å². The van der Waals surface area contributed by atoms with Crippen molar-refractivity contribution in [2.45, 2.75) is 421 Å². The summed E-state index contributed by atoms with van der Waals surface area (Å²) in [5.41, 5.74) is 22.4. The molecule has 86 heavy (non-hydrogen) atoms. The summed E-state index contributed by atoms with van der Waals surface area (Å²) in [6, 6.07) is 13.7. The van der Waals surface area contributed by atoms with Crippen LogP contribution in [0, 0.1) is 27.7 Å². The van der Waals surface area contributed by atoms with Crippen LogP contribution in [-0.4, -0.2) is 4.70 Å². The molecule has 0 unspecified atom stereocenters. The first-order valence-electron chi connectivity index (χ1n) is 38.5. The Hall–Kier alpha value is -1.99. The molecule has 500 valence electrons. The van der Waals surface area contributed by atoms with E-state index in [1.165, 1.54) is 366 Å². The third-order valence-electron chi connectivity index (χ3n) is 18.3. The molecule has 2 aromatic rings. The Morgan fingerprint density at radius 1 is 0.291 bits per heavy atom. The van der Waals surface area contributed by atoms with Gasteiger partial charge in [-0.2, -0.15) is 12.8 Å². The van der Waals surface area contributed by atoms with E-state index in [1.54, 1.807) is 0 Å². The number of nitrogens with zero attached hydrogens (tertiary/aromatic N) is 2. The summed E-state index contributed by atoms with van der Waals surface area (Å²) in [5.74, 6) is 0. The first-order chi connectivity index (χ1) is 41.8. The van der Waals surface area contributed by atoms with E-state index in [1.807, 2.05) is 0 Å². The fraction of sp³-hybridized carbons (Fsp3) is 0.783. The minimum Gasteiger partial charge on any atom is -0.493 e. The van der Waals surface area contributed by atoms with Gasteiger partial charge in [0.2, 0.25) is 11.4 Å². The molecule has 0 bridgehead atoms. The molecule has 3 rings (SSSR count). The molecule has 0 spiro atoms. The van der Waals surface area contributed by atoms with Crippen LogP contribution in [0.4, 0.5) is 0 Å². The minimum absolute atomic E-state index is 0. The normalized spacial score (nSPS) is 12.1. The average molecular weight is 1230 g/mol. The third-order valence-corrected chi connectivity index (χ3v) is 18.3. The molecule has 1 aliphatic heterocycles. The van der Waals surface area contributed by atoms with Gasteiger partial charge in [0.05, 0.1) is 0 Å².